The normalized spacial score (nSPS) is 10.1. The maximum atomic E-state index is 10.5. The Bertz CT molecular complexity index is 135. The Morgan fingerprint density at radius 1 is 1.55 bits per heavy atom. The number of rotatable bonds is 4. The van der Waals surface area contributed by atoms with E-state index in [1.165, 1.54) is 0 Å². The van der Waals surface area contributed by atoms with E-state index in [-0.39, 0.29) is 12.9 Å². The first-order valence-corrected chi connectivity index (χ1v) is 3.80. The molecule has 0 N–H and O–H groups in total. The third kappa shape index (κ3) is 7.22. The molecule has 1 atom stereocenters. The van der Waals surface area contributed by atoms with E-state index in [1.54, 1.807) is 13.8 Å². The van der Waals surface area contributed by atoms with Crippen LogP contribution in [0.2, 0.25) is 0 Å². The minimum Gasteiger partial charge on any atom is -0.432 e. The number of carbonyl (C=O) groups is 1. The lowest BCUT2D eigenvalue weighted by Crippen LogP contribution is -2.13. The van der Waals surface area contributed by atoms with Crippen LogP contribution in [0.3, 0.4) is 0 Å². The smallest absolute Gasteiger partial charge is 0.432 e. The Morgan fingerprint density at radius 3 is 2.64 bits per heavy atom. The van der Waals surface area contributed by atoms with Gasteiger partial charge in [0.25, 0.3) is 0 Å². The molecule has 64 valence electrons. The van der Waals surface area contributed by atoms with Crippen molar-refractivity contribution in [2.45, 2.75) is 20.0 Å². The Balaban J connectivity index is 3.30. The van der Waals surface area contributed by atoms with E-state index in [2.05, 4.69) is 14.0 Å². The van der Waals surface area contributed by atoms with Crippen LogP contribution >= 0.6 is 8.69 Å². The highest BCUT2D eigenvalue weighted by Gasteiger charge is 2.06. The lowest BCUT2D eigenvalue weighted by atomic mass is 10.5. The van der Waals surface area contributed by atoms with Crippen molar-refractivity contribution in [1.82, 2.24) is 0 Å². The molecule has 0 saturated heterocycles. The molecule has 5 nitrogen and oxygen atoms in total. The van der Waals surface area contributed by atoms with Gasteiger partial charge in [-0.05, 0) is 18.4 Å². The summed E-state index contributed by atoms with van der Waals surface area (Å²) in [6.45, 7) is 3.04. The van der Waals surface area contributed by atoms with Gasteiger partial charge in [0, 0.05) is 0 Å². The predicted octanol–water partition coefficient (Wildman–Crippen LogP) is 1.46. The summed E-state index contributed by atoms with van der Waals surface area (Å²) >= 11 is 0. The first kappa shape index (κ1) is 10.3. The highest BCUT2D eigenvalue weighted by molar-refractivity contribution is 7.17. The van der Waals surface area contributed by atoms with Crippen LogP contribution < -0.4 is 0 Å². The number of hydrogen-bond acceptors (Lipinski definition) is 5. The fourth-order valence-electron chi connectivity index (χ4n) is 0.328. The van der Waals surface area contributed by atoms with E-state index in [9.17, 15) is 9.36 Å². The minimum atomic E-state index is -0.930. The van der Waals surface area contributed by atoms with Gasteiger partial charge in [0.1, 0.15) is 0 Å². The second-order valence-electron chi connectivity index (χ2n) is 1.91. The summed E-state index contributed by atoms with van der Waals surface area (Å²) < 4.78 is 22.8. The summed E-state index contributed by atoms with van der Waals surface area (Å²) in [6.07, 6.45) is -1.05. The third-order valence-corrected chi connectivity index (χ3v) is 0.862. The zero-order valence-electron chi connectivity index (χ0n) is 6.33. The Labute approximate surface area is 65.9 Å². The number of hydrogen-bond donors (Lipinski definition) is 0. The molecule has 0 amide bonds. The van der Waals surface area contributed by atoms with E-state index < -0.39 is 14.8 Å². The summed E-state index contributed by atoms with van der Waals surface area (Å²) in [7, 11) is -0.930. The second kappa shape index (κ2) is 6.07. The molecular formula is C5H10O5P+. The lowest BCUT2D eigenvalue weighted by molar-refractivity contribution is -0.00434. The van der Waals surface area contributed by atoms with Crippen LogP contribution in [0, 0.1) is 0 Å². The van der Waals surface area contributed by atoms with Crippen LogP contribution in [0.15, 0.2) is 0 Å². The van der Waals surface area contributed by atoms with Gasteiger partial charge in [0.05, 0.1) is 6.10 Å². The monoisotopic (exact) mass is 181 g/mol. The highest BCUT2D eigenvalue weighted by Crippen LogP contribution is 1.97. The van der Waals surface area contributed by atoms with Crippen LogP contribution in [-0.2, 0) is 18.6 Å². The van der Waals surface area contributed by atoms with Crippen molar-refractivity contribution in [3.8, 4) is 0 Å². The molecule has 0 radical (unpaired) electrons. The van der Waals surface area contributed by atoms with Gasteiger partial charge >= 0.3 is 14.8 Å². The van der Waals surface area contributed by atoms with Crippen LogP contribution in [0.25, 0.3) is 0 Å². The van der Waals surface area contributed by atoms with Crippen molar-refractivity contribution < 1.29 is 23.4 Å². The fraction of sp³-hybridized carbons (Fsp3) is 0.800. The van der Waals surface area contributed by atoms with E-state index in [0.29, 0.717) is 0 Å². The quantitative estimate of drug-likeness (QED) is 0.284. The molecule has 0 aromatic heterocycles. The zero-order valence-corrected chi connectivity index (χ0v) is 7.33. The summed E-state index contributed by atoms with van der Waals surface area (Å²) in [5.41, 5.74) is 0. The van der Waals surface area contributed by atoms with Crippen LogP contribution in [-0.4, -0.2) is 19.1 Å². The maximum Gasteiger partial charge on any atom is 0.510 e. The van der Waals surface area contributed by atoms with Crippen molar-refractivity contribution in [2.75, 3.05) is 6.79 Å². The Kier molecular flexibility index (Phi) is 5.70. The number of carbonyl (C=O) groups excluding carboxylic acids is 1. The van der Waals surface area contributed by atoms with E-state index in [1.807, 2.05) is 0 Å². The van der Waals surface area contributed by atoms with Crippen molar-refractivity contribution in [3.63, 3.8) is 0 Å². The van der Waals surface area contributed by atoms with Gasteiger partial charge in [-0.1, -0.05) is 0 Å². The van der Waals surface area contributed by atoms with Crippen molar-refractivity contribution in [3.05, 3.63) is 0 Å². The zero-order chi connectivity index (χ0) is 8.69. The van der Waals surface area contributed by atoms with E-state index in [0.717, 1.165) is 0 Å². The molecule has 11 heavy (non-hydrogen) atoms. The van der Waals surface area contributed by atoms with Gasteiger partial charge in [-0.15, -0.1) is 4.52 Å². The summed E-state index contributed by atoms with van der Waals surface area (Å²) in [6, 6.07) is 0. The minimum absolute atomic E-state index is 0.225. The molecular weight excluding hydrogens is 171 g/mol. The Morgan fingerprint density at radius 2 is 2.18 bits per heavy atom. The molecule has 1 unspecified atom stereocenters. The Hall–Kier alpha value is -0.670. The first-order chi connectivity index (χ1) is 5.16. The van der Waals surface area contributed by atoms with Gasteiger partial charge in [0.2, 0.25) is 6.79 Å². The van der Waals surface area contributed by atoms with Gasteiger partial charge < -0.3 is 9.47 Å². The molecule has 0 aromatic carbocycles. The predicted molar refractivity (Wildman–Crippen MR) is 37.7 cm³/mol. The fourth-order valence-corrected chi connectivity index (χ4v) is 0.435. The molecule has 0 bridgehead atoms. The van der Waals surface area contributed by atoms with E-state index >= 15 is 0 Å². The average Bonchev–Trinajstić information content (AvgIpc) is 1.86. The molecule has 0 heterocycles. The third-order valence-electron chi connectivity index (χ3n) is 0.627. The van der Waals surface area contributed by atoms with E-state index in [4.69, 9.17) is 0 Å². The summed E-state index contributed by atoms with van der Waals surface area (Å²) in [5.74, 6) is 0. The summed E-state index contributed by atoms with van der Waals surface area (Å²) in [4.78, 5) is 10.5. The maximum absolute atomic E-state index is 10.5. The molecule has 0 fully saturated rings. The average molecular weight is 181 g/mol. The molecule has 0 spiro atoms. The lowest BCUT2D eigenvalue weighted by Gasteiger charge is -2.05. The van der Waals surface area contributed by atoms with Crippen molar-refractivity contribution in [1.29, 1.82) is 0 Å². The van der Waals surface area contributed by atoms with Gasteiger partial charge in [-0.25, -0.2) is 4.79 Å². The molecule has 0 rings (SSSR count). The number of ether oxygens (including phenoxy) is 2. The van der Waals surface area contributed by atoms with Gasteiger partial charge in [0.15, 0.2) is 0 Å². The van der Waals surface area contributed by atoms with Crippen molar-refractivity contribution >= 4 is 14.8 Å². The van der Waals surface area contributed by atoms with Gasteiger partial charge in [-0.2, -0.15) is 0 Å². The van der Waals surface area contributed by atoms with Crippen LogP contribution in [0.4, 0.5) is 4.79 Å². The SMILES string of the molecule is CC(C)OC(=O)OCO[PH+]=O. The molecule has 0 aliphatic rings. The van der Waals surface area contributed by atoms with Gasteiger partial charge in [-0.3, -0.25) is 0 Å². The van der Waals surface area contributed by atoms with Crippen LogP contribution in [0.1, 0.15) is 13.8 Å². The van der Waals surface area contributed by atoms with Crippen LogP contribution in [0.5, 0.6) is 0 Å². The summed E-state index contributed by atoms with van der Waals surface area (Å²) in [5, 5.41) is 0. The second-order valence-corrected chi connectivity index (χ2v) is 2.36. The largest absolute Gasteiger partial charge is 0.510 e. The molecule has 0 saturated carbocycles. The first-order valence-electron chi connectivity index (χ1n) is 2.99. The molecule has 6 heteroatoms. The topological polar surface area (TPSA) is 61.8 Å². The molecule has 0 aliphatic heterocycles. The highest BCUT2D eigenvalue weighted by atomic mass is 31.1. The molecule has 0 aromatic rings. The van der Waals surface area contributed by atoms with Crippen molar-refractivity contribution in [2.24, 2.45) is 0 Å². The standard InChI is InChI=1S/C5H10O5P/c1-4(2)10-5(6)8-3-9-11-7/h4,11H,3H2,1-2H3/q+1. The molecule has 0 aliphatic carbocycles.